The largest absolute Gasteiger partial charge is 0.415 e. The monoisotopic (exact) mass is 2210 g/mol. The third kappa shape index (κ3) is 37.3. The van der Waals surface area contributed by atoms with Crippen LogP contribution in [0.4, 0.5) is 49.9 Å². The molecule has 3 saturated heterocycles. The molecule has 10 N–H and O–H groups in total. The molecule has 3 fully saturated rings. The van der Waals surface area contributed by atoms with Crippen molar-refractivity contribution in [3.63, 3.8) is 0 Å². The van der Waals surface area contributed by atoms with Gasteiger partial charge in [-0.25, -0.2) is 0 Å². The first-order valence-corrected chi connectivity index (χ1v) is 70.0. The third-order valence-corrected chi connectivity index (χ3v) is 58.6. The molecule has 0 amide bonds. The first-order valence-electron chi connectivity index (χ1n) is 52.6. The van der Waals surface area contributed by atoms with Crippen LogP contribution in [0.15, 0.2) is 91.8 Å². The number of nitro benzene ring substituents is 4. The molecule has 42 nitrogen and oxygen atoms in total. The lowest BCUT2D eigenvalue weighted by Crippen LogP contribution is -2.66. The van der Waals surface area contributed by atoms with Crippen molar-refractivity contribution in [2.75, 3.05) is 94.3 Å². The molecule has 6 heterocycles. The highest BCUT2D eigenvalue weighted by Gasteiger charge is 2.56. The Labute approximate surface area is 894 Å². The number of nitrogens with zero attached hydrogens (tertiary/aromatic N) is 19. The van der Waals surface area contributed by atoms with E-state index < -0.39 is 105 Å². The van der Waals surface area contributed by atoms with Crippen molar-refractivity contribution < 1.29 is 75.9 Å². The van der Waals surface area contributed by atoms with Crippen molar-refractivity contribution in [1.82, 2.24) is 75.3 Å². The molecule has 0 saturated carbocycles. The van der Waals surface area contributed by atoms with Gasteiger partial charge < -0.3 is 73.9 Å². The predicted molar refractivity (Wildman–Crippen MR) is 602 cm³/mol. The van der Waals surface area contributed by atoms with Gasteiger partial charge in [-0.3, -0.25) is 55.2 Å². The number of aliphatic hydroxyl groups excluding tert-OH is 4. The van der Waals surface area contributed by atoms with Gasteiger partial charge in [0.15, 0.2) is 49.9 Å². The Morgan fingerprint density at radius 2 is 0.707 bits per heavy atom. The van der Waals surface area contributed by atoms with Crippen LogP contribution in [-0.4, -0.2) is 305 Å². The van der Waals surface area contributed by atoms with Gasteiger partial charge in [-0.15, -0.1) is 15.3 Å². The minimum Gasteiger partial charge on any atom is -0.415 e. The molecular formula is C101H180FN23O19Si6. The maximum Gasteiger partial charge on any atom is 0.306 e. The number of nitrogens with one attached hydrogen (secondary N) is 2. The quantitative estimate of drug-likeness (QED) is 0.00439. The second-order valence-corrected chi connectivity index (χ2v) is 77.9. The van der Waals surface area contributed by atoms with Gasteiger partial charge in [0.1, 0.15) is 54.5 Å². The Hall–Kier alpha value is -8.73. The summed E-state index contributed by atoms with van der Waals surface area (Å²) in [6.07, 6.45) is 13.0. The number of anilines is 4. The molecule has 49 heteroatoms. The summed E-state index contributed by atoms with van der Waals surface area (Å²) in [5.41, 5.74) is 12.5. The number of carbonyl (C=O) groups is 1. The predicted octanol–water partition coefficient (Wildman–Crippen LogP) is 19.3. The van der Waals surface area contributed by atoms with E-state index in [1.807, 2.05) is 11.0 Å². The lowest BCUT2D eigenvalue weighted by molar-refractivity contribution is -0.387. The van der Waals surface area contributed by atoms with E-state index in [9.17, 15) is 70.1 Å². The van der Waals surface area contributed by atoms with Gasteiger partial charge in [-0.1, -0.05) is 171 Å². The van der Waals surface area contributed by atoms with Crippen LogP contribution >= 0.6 is 0 Å². The third-order valence-electron chi connectivity index (χ3n) is 31.7. The van der Waals surface area contributed by atoms with E-state index >= 15 is 0 Å². The zero-order chi connectivity index (χ0) is 113. The van der Waals surface area contributed by atoms with Crippen LogP contribution < -0.4 is 22.1 Å². The highest BCUT2D eigenvalue weighted by atomic mass is 28.4. The summed E-state index contributed by atoms with van der Waals surface area (Å²) in [6.45, 7) is 82.3. The fourth-order valence-corrected chi connectivity index (χ4v) is 23.6. The Morgan fingerprint density at radius 1 is 0.407 bits per heavy atom. The molecule has 3 aliphatic rings. The van der Waals surface area contributed by atoms with Crippen LogP contribution in [0.3, 0.4) is 0 Å². The summed E-state index contributed by atoms with van der Waals surface area (Å²) >= 11 is 0. The Morgan fingerprint density at radius 3 is 1.01 bits per heavy atom. The van der Waals surface area contributed by atoms with E-state index in [1.54, 1.807) is 30.3 Å². The molecular weight excluding hydrogens is 2030 g/mol. The molecule has 150 heavy (non-hydrogen) atoms. The van der Waals surface area contributed by atoms with E-state index in [0.29, 0.717) is 67.3 Å². The van der Waals surface area contributed by atoms with Gasteiger partial charge in [-0.2, -0.15) is 18.4 Å². The number of hydrogen-bond acceptors (Lipinski definition) is 35. The fourth-order valence-electron chi connectivity index (χ4n) is 16.1. The number of β-amino-alcohol motifs (C(OH)–C–C–N with tert-alkyl or cyclic N) is 1. The maximum absolute atomic E-state index is 12.5. The lowest BCUT2D eigenvalue weighted by atomic mass is 9.88. The maximum atomic E-state index is 12.5. The van der Waals surface area contributed by atoms with Crippen molar-refractivity contribution in [2.45, 2.75) is 385 Å². The number of rotatable bonds is 44. The van der Waals surface area contributed by atoms with Crippen LogP contribution in [0.5, 0.6) is 0 Å². The summed E-state index contributed by atoms with van der Waals surface area (Å²) in [7, 11) is -12.4. The standard InChI is InChI=1S/C38H73N7O5Si3.C31H67NO4Si3.C19H29N7O6.C7H6N6O2.C6H5FN2O2/c1-29-26-43(24-20-18-17-19-23-39-30-21-22-31(32(25-30)45(46)47)44-28-40-41-42-44)33(27-48-51(11,12)36(2,3)4)35(50-53(15,16)38(8,9)10)34(29)49-52(13,14)37(5,6)7;1-25-23-32(21-19-17-18-20-22-33)26(24-34-37(11,12)29(2,3)4)28(36-39(15,16)31(8,9)10)27(25)35-38(13,14)30(5,6)7;27-11-16-18(29)19(30)17(28)10-24(16)8-4-2-1-3-7-20-13-5-6-14(15(9-13)26(31)32)25-12-21-22-23-25;8-5-1-2-6(7(3-5)13(14)15)12-4-9-10-11-12;7-5-2-1-4(8)3-6(5)9(10)11/h21-22,25,28-29,33-35,39H,17-20,23-24,26-27H2,1-16H3;22,25-28H,17-21,23-24H2,1-16H3;5-6,9,12,16-20,27-30H,1-4,7-8,10-11H2;1-4H,8H2;1-3H,8H2/t29-,33+,34+,35+;25-,26+,27+,28+;16-,17+,18-,19-;;/m001../s1. The summed E-state index contributed by atoms with van der Waals surface area (Å²) in [5, 5.41) is 122. The van der Waals surface area contributed by atoms with E-state index in [-0.39, 0.29) is 114 Å². The number of nitro groups is 4. The Bertz CT molecular complexity index is 5340. The second kappa shape index (κ2) is 55.6. The van der Waals surface area contributed by atoms with E-state index in [0.717, 1.165) is 122 Å². The van der Waals surface area contributed by atoms with E-state index in [1.165, 1.54) is 57.3 Å². The highest BCUT2D eigenvalue weighted by molar-refractivity contribution is 6.76. The van der Waals surface area contributed by atoms with Gasteiger partial charge in [0, 0.05) is 86.2 Å². The molecule has 3 aromatic heterocycles. The van der Waals surface area contributed by atoms with Crippen molar-refractivity contribution in [3.05, 3.63) is 138 Å². The van der Waals surface area contributed by atoms with E-state index in [2.05, 4.69) is 284 Å². The second-order valence-electron chi connectivity index (χ2n) is 49.2. The van der Waals surface area contributed by atoms with Crippen molar-refractivity contribution in [2.24, 2.45) is 11.8 Å². The highest BCUT2D eigenvalue weighted by Crippen LogP contribution is 2.49. The minimum absolute atomic E-state index is 0.0122. The number of hydrogen-bond donors (Lipinski definition) is 8. The average molecular weight is 2210 g/mol. The number of piperidine rings is 3. The number of aliphatic hydroxyl groups is 4. The number of unbranched alkanes of at least 4 members (excludes halogenated alkanes) is 9. The number of carbonyl (C=O) groups excluding carboxylic acids is 1. The van der Waals surface area contributed by atoms with Gasteiger partial charge >= 0.3 is 5.69 Å². The van der Waals surface area contributed by atoms with Crippen LogP contribution in [0.25, 0.3) is 17.1 Å². The summed E-state index contributed by atoms with van der Waals surface area (Å²) < 4.78 is 59.9. The summed E-state index contributed by atoms with van der Waals surface area (Å²) in [5.74, 6) is -0.180. The number of benzene rings is 4. The summed E-state index contributed by atoms with van der Waals surface area (Å²) in [4.78, 5) is 59.7. The fraction of sp³-hybridized carbons (Fsp3) is 0.723. The molecule has 0 spiro atoms. The number of nitrogens with two attached hydrogens (primary N) is 2. The van der Waals surface area contributed by atoms with Crippen LogP contribution in [0.2, 0.25) is 109 Å². The normalized spacial score (nSPS) is 20.7. The lowest BCUT2D eigenvalue weighted by Gasteiger charge is -2.54. The van der Waals surface area contributed by atoms with Crippen LogP contribution in [0.1, 0.15) is 216 Å². The molecule has 0 bridgehead atoms. The molecule has 844 valence electrons. The van der Waals surface area contributed by atoms with Gasteiger partial charge in [0.25, 0.3) is 17.1 Å². The smallest absolute Gasteiger partial charge is 0.306 e. The number of nitrogen functional groups attached to an aromatic ring is 2. The Kier molecular flexibility index (Phi) is 48.1. The SMILES string of the molecule is C[C@H]1CN(CCCCCC=O)[C@H](CO[Si](C)(C)C(C)(C)C)[C@@H](O[Si](C)(C)C(C)(C)C)[C@@H]1O[Si](C)(C)C(C)(C)C.C[C@H]1CN(CCCCCCNc2ccc(-n3cnnn3)c([N+](=O)[O-])c2)[C@H](CO[Si](C)(C)C(C)(C)C)[C@@H](O[Si](C)(C)C(C)(C)C)[C@@H]1O[Si](C)(C)C(C)(C)C.Nc1ccc(-n2cnnn2)c([N+](=O)[O-])c1.Nc1ccc(F)c([N+](=O)[O-])c1.O=[N+]([O-])c1cc(NCCCCCCN2C[C@H](O)[C@@H](O)[C@H](O)[C@H]2CO)ccc1-n1cnnn1. The molecule has 3 aliphatic heterocycles. The van der Waals surface area contributed by atoms with Gasteiger partial charge in [0.2, 0.25) is 5.82 Å². The van der Waals surface area contributed by atoms with E-state index in [4.69, 9.17) is 38.0 Å². The zero-order valence-electron chi connectivity index (χ0n) is 95.4. The van der Waals surface area contributed by atoms with Crippen molar-refractivity contribution in [1.29, 1.82) is 0 Å². The summed E-state index contributed by atoms with van der Waals surface area (Å²) in [6, 6.07) is 17.0. The molecule has 0 radical (unpaired) electrons. The van der Waals surface area contributed by atoms with Gasteiger partial charge in [0.05, 0.1) is 88.2 Å². The first-order chi connectivity index (χ1) is 69.3. The van der Waals surface area contributed by atoms with Crippen molar-refractivity contribution in [3.8, 4) is 17.1 Å². The topological polar surface area (TPSA) is 543 Å². The molecule has 0 aliphatic carbocycles. The van der Waals surface area contributed by atoms with Crippen molar-refractivity contribution >= 4 is 102 Å². The Balaban J connectivity index is 0.000000311. The first kappa shape index (κ1) is 130. The van der Waals surface area contributed by atoms with Gasteiger partial charge in [-0.05, 0) is 259 Å². The van der Waals surface area contributed by atoms with Crippen LogP contribution in [-0.2, 0) is 31.4 Å². The molecule has 12 atom stereocenters. The number of likely N-dealkylation sites (tertiary alicyclic amines) is 3. The molecule has 10 rings (SSSR count). The molecule has 7 aromatic rings. The number of tetrazole rings is 3. The molecule has 4 aromatic carbocycles. The number of aromatic nitrogens is 12. The minimum atomic E-state index is -2.17. The average Bonchev–Trinajstić information content (AvgIpc) is 0.933. The number of aldehydes is 1. The van der Waals surface area contributed by atoms with Crippen LogP contribution in [0, 0.1) is 58.1 Å². The molecule has 0 unspecified atom stereocenters. The zero-order valence-corrected chi connectivity index (χ0v) is 101. The number of halogens is 1.